The minimum Gasteiger partial charge on any atom is -0.248 e. The van der Waals surface area contributed by atoms with E-state index in [4.69, 9.17) is 4.98 Å². The van der Waals surface area contributed by atoms with Gasteiger partial charge in [0.05, 0.1) is 16.8 Å². The molecule has 0 saturated heterocycles. The van der Waals surface area contributed by atoms with E-state index in [1.54, 1.807) is 0 Å². The fourth-order valence-corrected chi connectivity index (χ4v) is 9.22. The lowest BCUT2D eigenvalue weighted by atomic mass is 9.70. The van der Waals surface area contributed by atoms with Gasteiger partial charge in [-0.05, 0) is 108 Å². The van der Waals surface area contributed by atoms with Crippen molar-refractivity contribution in [3.05, 3.63) is 235 Å². The number of rotatable bonds is 5. The molecule has 8 aromatic carbocycles. The van der Waals surface area contributed by atoms with Crippen LogP contribution in [0.15, 0.2) is 212 Å². The average Bonchev–Trinajstić information content (AvgIpc) is 3.74. The van der Waals surface area contributed by atoms with Gasteiger partial charge < -0.3 is 0 Å². The third-order valence-electron chi connectivity index (χ3n) is 11.7. The molecular weight excluding hydrogens is 663 g/mol. The first-order valence-corrected chi connectivity index (χ1v) is 19.0. The van der Waals surface area contributed by atoms with Crippen LogP contribution in [0.1, 0.15) is 22.3 Å². The molecule has 256 valence electrons. The smallest absolute Gasteiger partial charge is 0.0725 e. The van der Waals surface area contributed by atoms with Gasteiger partial charge in [0.1, 0.15) is 0 Å². The molecule has 11 rings (SSSR count). The van der Waals surface area contributed by atoms with Crippen molar-refractivity contribution in [2.75, 3.05) is 0 Å². The highest BCUT2D eigenvalue weighted by Gasteiger charge is 2.51. The van der Waals surface area contributed by atoms with Crippen molar-refractivity contribution in [1.29, 1.82) is 0 Å². The molecule has 0 fully saturated rings. The third kappa shape index (κ3) is 4.90. The van der Waals surface area contributed by atoms with Gasteiger partial charge in [-0.15, -0.1) is 0 Å². The molecule has 0 N–H and O–H groups in total. The molecule has 0 radical (unpaired) electrons. The summed E-state index contributed by atoms with van der Waals surface area (Å²) in [5.74, 6) is 0. The number of benzene rings is 8. The van der Waals surface area contributed by atoms with E-state index in [2.05, 4.69) is 212 Å². The van der Waals surface area contributed by atoms with Crippen molar-refractivity contribution in [2.24, 2.45) is 0 Å². The summed E-state index contributed by atoms with van der Waals surface area (Å²) in [4.78, 5) is 5.26. The van der Waals surface area contributed by atoms with E-state index >= 15 is 0 Å². The van der Waals surface area contributed by atoms with E-state index in [0.29, 0.717) is 0 Å². The van der Waals surface area contributed by atoms with Gasteiger partial charge in [-0.1, -0.05) is 182 Å². The molecule has 0 amide bonds. The first kappa shape index (κ1) is 31.4. The Kier molecular flexibility index (Phi) is 7.15. The molecule has 2 aliphatic rings. The molecule has 0 saturated carbocycles. The standard InChI is InChI=1S/C54H35N/c1-4-15-36(16-5-1)40-27-29-46-47-30-28-41(33-51(47)54(50(46)32-40)48-25-12-10-23-44(48)45-24-11-13-26-49(45)54)39-21-14-22-42(31-39)53-35-43(37-17-6-2-7-18-37)34-52(55-53)38-19-8-3-9-20-38/h1-35H. The van der Waals surface area contributed by atoms with Crippen LogP contribution in [0.4, 0.5) is 0 Å². The van der Waals surface area contributed by atoms with Gasteiger partial charge in [0.2, 0.25) is 0 Å². The van der Waals surface area contributed by atoms with Crippen molar-refractivity contribution in [2.45, 2.75) is 5.41 Å². The van der Waals surface area contributed by atoms with Crippen LogP contribution in [0.3, 0.4) is 0 Å². The fraction of sp³-hybridized carbons (Fsp3) is 0.0185. The molecule has 0 bridgehead atoms. The Bertz CT molecular complexity index is 2800. The highest BCUT2D eigenvalue weighted by Crippen LogP contribution is 2.63. The topological polar surface area (TPSA) is 12.9 Å². The summed E-state index contributed by atoms with van der Waals surface area (Å²) in [6.45, 7) is 0. The average molecular weight is 698 g/mol. The molecule has 55 heavy (non-hydrogen) atoms. The van der Waals surface area contributed by atoms with Crippen LogP contribution in [0.5, 0.6) is 0 Å². The molecular formula is C54H35N. The van der Waals surface area contributed by atoms with Gasteiger partial charge in [0.25, 0.3) is 0 Å². The zero-order chi connectivity index (χ0) is 36.3. The summed E-state index contributed by atoms with van der Waals surface area (Å²) in [5.41, 5.74) is 21.5. The minimum atomic E-state index is -0.438. The lowest BCUT2D eigenvalue weighted by Crippen LogP contribution is -2.26. The van der Waals surface area contributed by atoms with E-state index in [1.807, 2.05) is 0 Å². The Balaban J connectivity index is 1.10. The van der Waals surface area contributed by atoms with E-state index < -0.39 is 5.41 Å². The van der Waals surface area contributed by atoms with Crippen LogP contribution in [-0.4, -0.2) is 4.98 Å². The number of hydrogen-bond acceptors (Lipinski definition) is 1. The lowest BCUT2D eigenvalue weighted by Gasteiger charge is -2.31. The molecule has 9 aromatic rings. The zero-order valence-corrected chi connectivity index (χ0v) is 30.2. The largest absolute Gasteiger partial charge is 0.248 e. The van der Waals surface area contributed by atoms with E-state index in [-0.39, 0.29) is 0 Å². The summed E-state index contributed by atoms with van der Waals surface area (Å²) in [6.07, 6.45) is 0. The van der Waals surface area contributed by atoms with Gasteiger partial charge in [0.15, 0.2) is 0 Å². The third-order valence-corrected chi connectivity index (χ3v) is 11.7. The van der Waals surface area contributed by atoms with Crippen LogP contribution in [0, 0.1) is 0 Å². The van der Waals surface area contributed by atoms with Crippen LogP contribution >= 0.6 is 0 Å². The van der Waals surface area contributed by atoms with Crippen molar-refractivity contribution < 1.29 is 0 Å². The van der Waals surface area contributed by atoms with Crippen LogP contribution < -0.4 is 0 Å². The Morgan fingerprint density at radius 1 is 0.236 bits per heavy atom. The second-order valence-electron chi connectivity index (χ2n) is 14.7. The molecule has 1 heterocycles. The van der Waals surface area contributed by atoms with Gasteiger partial charge in [-0.3, -0.25) is 0 Å². The normalized spacial score (nSPS) is 12.9. The van der Waals surface area contributed by atoms with Gasteiger partial charge in [0, 0.05) is 11.1 Å². The second kappa shape index (κ2) is 12.5. The number of hydrogen-bond donors (Lipinski definition) is 0. The molecule has 1 aromatic heterocycles. The molecule has 1 spiro atoms. The second-order valence-corrected chi connectivity index (χ2v) is 14.7. The summed E-state index contributed by atoms with van der Waals surface area (Å²) in [7, 11) is 0. The zero-order valence-electron chi connectivity index (χ0n) is 30.2. The highest BCUT2D eigenvalue weighted by atomic mass is 14.7. The van der Waals surface area contributed by atoms with Crippen molar-refractivity contribution in [3.63, 3.8) is 0 Å². The Hall–Kier alpha value is -7.09. The van der Waals surface area contributed by atoms with Crippen LogP contribution in [0.25, 0.3) is 78.1 Å². The molecule has 0 atom stereocenters. The lowest BCUT2D eigenvalue weighted by molar-refractivity contribution is 0.794. The summed E-state index contributed by atoms with van der Waals surface area (Å²) >= 11 is 0. The van der Waals surface area contributed by atoms with Crippen molar-refractivity contribution >= 4 is 0 Å². The highest BCUT2D eigenvalue weighted by molar-refractivity contribution is 5.97. The molecule has 1 nitrogen and oxygen atoms in total. The van der Waals surface area contributed by atoms with Crippen LogP contribution in [0.2, 0.25) is 0 Å². The van der Waals surface area contributed by atoms with E-state index in [0.717, 1.165) is 28.1 Å². The Labute approximate surface area is 321 Å². The SMILES string of the molecule is c1ccc(-c2cc(-c3ccccc3)nc(-c3cccc(-c4ccc5c(c4)C4(c6ccccc6-c6ccccc64)c4cc(-c6ccccc6)ccc4-5)c3)c2)cc1. The van der Waals surface area contributed by atoms with E-state index in [9.17, 15) is 0 Å². The summed E-state index contributed by atoms with van der Waals surface area (Å²) in [6, 6.07) is 77.5. The molecule has 2 aliphatic carbocycles. The first-order chi connectivity index (χ1) is 27.3. The maximum Gasteiger partial charge on any atom is 0.0725 e. The summed E-state index contributed by atoms with van der Waals surface area (Å²) < 4.78 is 0. The van der Waals surface area contributed by atoms with Crippen molar-refractivity contribution in [3.8, 4) is 78.1 Å². The number of pyridine rings is 1. The van der Waals surface area contributed by atoms with Crippen molar-refractivity contribution in [1.82, 2.24) is 4.98 Å². The number of nitrogens with zero attached hydrogens (tertiary/aromatic N) is 1. The van der Waals surface area contributed by atoms with Gasteiger partial charge in [-0.25, -0.2) is 4.98 Å². The number of aromatic nitrogens is 1. The Morgan fingerprint density at radius 2 is 0.636 bits per heavy atom. The maximum atomic E-state index is 5.26. The van der Waals surface area contributed by atoms with Gasteiger partial charge >= 0.3 is 0 Å². The first-order valence-electron chi connectivity index (χ1n) is 19.0. The molecule has 0 unspecified atom stereocenters. The quantitative estimate of drug-likeness (QED) is 0.174. The van der Waals surface area contributed by atoms with Gasteiger partial charge in [-0.2, -0.15) is 0 Å². The number of fused-ring (bicyclic) bond motifs is 10. The predicted octanol–water partition coefficient (Wildman–Crippen LogP) is 13.8. The maximum absolute atomic E-state index is 5.26. The van der Waals surface area contributed by atoms with E-state index in [1.165, 1.54) is 72.3 Å². The minimum absolute atomic E-state index is 0.438. The predicted molar refractivity (Wildman–Crippen MR) is 228 cm³/mol. The van der Waals surface area contributed by atoms with Crippen LogP contribution in [-0.2, 0) is 5.41 Å². The monoisotopic (exact) mass is 697 g/mol. The molecule has 0 aliphatic heterocycles. The Morgan fingerprint density at radius 3 is 1.22 bits per heavy atom. The molecule has 1 heteroatoms. The fourth-order valence-electron chi connectivity index (χ4n) is 9.22. The summed E-state index contributed by atoms with van der Waals surface area (Å²) in [5, 5.41) is 0.